The summed E-state index contributed by atoms with van der Waals surface area (Å²) in [7, 11) is 0. The summed E-state index contributed by atoms with van der Waals surface area (Å²) in [4.78, 5) is 36.1. The minimum absolute atomic E-state index is 0.187. The Morgan fingerprint density at radius 2 is 2.05 bits per heavy atom. The van der Waals surface area contributed by atoms with Gasteiger partial charge in [0.05, 0.1) is 0 Å². The zero-order valence-corrected chi connectivity index (χ0v) is 12.0. The number of nitrogens with zero attached hydrogens (tertiary/aromatic N) is 1. The number of nitrogens with one attached hydrogen (secondary N) is 1. The third-order valence-corrected chi connectivity index (χ3v) is 3.85. The van der Waals surface area contributed by atoms with Gasteiger partial charge in [0.25, 0.3) is 0 Å². The number of carboxylic acids is 1. The Labute approximate surface area is 118 Å². The molecule has 0 radical (unpaired) electrons. The second kappa shape index (κ2) is 7.12. The molecule has 1 heterocycles. The molecule has 0 saturated carbocycles. The van der Waals surface area contributed by atoms with Crippen LogP contribution in [0.1, 0.15) is 39.5 Å². The first kappa shape index (κ1) is 16.3. The molecule has 1 rings (SSSR count). The average molecular weight is 285 g/mol. The minimum Gasteiger partial charge on any atom is -0.480 e. The Morgan fingerprint density at radius 3 is 2.55 bits per heavy atom. The Morgan fingerprint density at radius 1 is 1.40 bits per heavy atom. The van der Waals surface area contributed by atoms with Gasteiger partial charge < -0.3 is 21.1 Å². The number of primary amides is 1. The van der Waals surface area contributed by atoms with E-state index in [-0.39, 0.29) is 5.92 Å². The van der Waals surface area contributed by atoms with Gasteiger partial charge in [0.1, 0.15) is 12.1 Å². The molecule has 1 aliphatic rings. The van der Waals surface area contributed by atoms with E-state index in [1.807, 2.05) is 6.92 Å². The molecule has 2 unspecified atom stereocenters. The standard InChI is InChI=1S/C13H23N3O4/c1-3-8(2)10(12(18)19)15-13(20)16-7-5-4-6-9(16)11(14)17/h8-10H,3-7H2,1-2H3,(H2,14,17)(H,15,20)(H,18,19)/t8?,9?,10-/m0/s1. The second-order valence-corrected chi connectivity index (χ2v) is 5.26. The molecule has 1 fully saturated rings. The van der Waals surface area contributed by atoms with E-state index in [2.05, 4.69) is 5.32 Å². The van der Waals surface area contributed by atoms with E-state index in [1.165, 1.54) is 4.90 Å². The van der Waals surface area contributed by atoms with E-state index < -0.39 is 30.0 Å². The third kappa shape index (κ3) is 3.85. The molecule has 0 aliphatic carbocycles. The van der Waals surface area contributed by atoms with Crippen LogP contribution in [0.4, 0.5) is 4.79 Å². The van der Waals surface area contributed by atoms with Crippen molar-refractivity contribution < 1.29 is 19.5 Å². The molecule has 0 spiro atoms. The summed E-state index contributed by atoms with van der Waals surface area (Å²) in [6, 6.07) is -2.13. The maximum Gasteiger partial charge on any atom is 0.326 e. The first-order chi connectivity index (χ1) is 9.38. The van der Waals surface area contributed by atoms with Crippen molar-refractivity contribution in [1.82, 2.24) is 10.2 Å². The first-order valence-corrected chi connectivity index (χ1v) is 6.97. The lowest BCUT2D eigenvalue weighted by atomic mass is 9.99. The van der Waals surface area contributed by atoms with Gasteiger partial charge in [-0.2, -0.15) is 0 Å². The molecule has 1 aliphatic heterocycles. The fourth-order valence-electron chi connectivity index (χ4n) is 2.37. The Kier molecular flexibility index (Phi) is 5.79. The van der Waals surface area contributed by atoms with Crippen LogP contribution in [0.3, 0.4) is 0 Å². The van der Waals surface area contributed by atoms with E-state index in [4.69, 9.17) is 5.73 Å². The van der Waals surface area contributed by atoms with Crippen LogP contribution in [0.25, 0.3) is 0 Å². The summed E-state index contributed by atoms with van der Waals surface area (Å²) in [6.07, 6.45) is 2.80. The van der Waals surface area contributed by atoms with Crippen LogP contribution in [0.15, 0.2) is 0 Å². The van der Waals surface area contributed by atoms with Crippen molar-refractivity contribution in [1.29, 1.82) is 0 Å². The molecule has 0 aromatic carbocycles. The number of nitrogens with two attached hydrogens (primary N) is 1. The third-order valence-electron chi connectivity index (χ3n) is 3.85. The second-order valence-electron chi connectivity index (χ2n) is 5.26. The number of likely N-dealkylation sites (tertiary alicyclic amines) is 1. The van der Waals surface area contributed by atoms with Gasteiger partial charge in [0.15, 0.2) is 0 Å². The monoisotopic (exact) mass is 285 g/mol. The zero-order valence-electron chi connectivity index (χ0n) is 12.0. The molecule has 114 valence electrons. The zero-order chi connectivity index (χ0) is 15.3. The van der Waals surface area contributed by atoms with Gasteiger partial charge in [-0.15, -0.1) is 0 Å². The predicted octanol–water partition coefficient (Wildman–Crippen LogP) is 0.535. The number of carboxylic acid groups (broad SMARTS) is 1. The van der Waals surface area contributed by atoms with Crippen LogP contribution in [-0.2, 0) is 9.59 Å². The van der Waals surface area contributed by atoms with Gasteiger partial charge in [-0.25, -0.2) is 9.59 Å². The van der Waals surface area contributed by atoms with Crippen molar-refractivity contribution in [3.63, 3.8) is 0 Å². The number of rotatable bonds is 5. The van der Waals surface area contributed by atoms with Crippen LogP contribution in [0.5, 0.6) is 0 Å². The van der Waals surface area contributed by atoms with Gasteiger partial charge in [-0.3, -0.25) is 4.79 Å². The summed E-state index contributed by atoms with van der Waals surface area (Å²) >= 11 is 0. The average Bonchev–Trinajstić information content (AvgIpc) is 2.43. The molecule has 0 aromatic heterocycles. The molecule has 0 aromatic rings. The molecule has 3 amide bonds. The Bertz CT molecular complexity index is 386. The van der Waals surface area contributed by atoms with Crippen LogP contribution in [0, 0.1) is 5.92 Å². The molecule has 0 bridgehead atoms. The topological polar surface area (TPSA) is 113 Å². The van der Waals surface area contributed by atoms with E-state index in [0.29, 0.717) is 19.4 Å². The van der Waals surface area contributed by atoms with E-state index >= 15 is 0 Å². The highest BCUT2D eigenvalue weighted by Crippen LogP contribution is 2.17. The van der Waals surface area contributed by atoms with Crippen LogP contribution in [-0.4, -0.2) is 46.5 Å². The van der Waals surface area contributed by atoms with Crippen LogP contribution >= 0.6 is 0 Å². The van der Waals surface area contributed by atoms with Crippen molar-refractivity contribution in [2.75, 3.05) is 6.54 Å². The largest absolute Gasteiger partial charge is 0.480 e. The summed E-state index contributed by atoms with van der Waals surface area (Å²) in [6.45, 7) is 4.05. The summed E-state index contributed by atoms with van der Waals surface area (Å²) < 4.78 is 0. The fraction of sp³-hybridized carbons (Fsp3) is 0.769. The van der Waals surface area contributed by atoms with Gasteiger partial charge in [-0.1, -0.05) is 20.3 Å². The lowest BCUT2D eigenvalue weighted by Gasteiger charge is -2.35. The highest BCUT2D eigenvalue weighted by atomic mass is 16.4. The fourth-order valence-corrected chi connectivity index (χ4v) is 2.37. The summed E-state index contributed by atoms with van der Waals surface area (Å²) in [5, 5.41) is 11.7. The van der Waals surface area contributed by atoms with Crippen molar-refractivity contribution in [3.05, 3.63) is 0 Å². The number of carbonyl (C=O) groups excluding carboxylic acids is 2. The number of piperidine rings is 1. The van der Waals surface area contributed by atoms with Gasteiger partial charge >= 0.3 is 12.0 Å². The van der Waals surface area contributed by atoms with E-state index in [0.717, 1.165) is 12.8 Å². The number of amides is 3. The smallest absolute Gasteiger partial charge is 0.326 e. The number of hydrogen-bond acceptors (Lipinski definition) is 3. The quantitative estimate of drug-likeness (QED) is 0.684. The van der Waals surface area contributed by atoms with Crippen molar-refractivity contribution in [3.8, 4) is 0 Å². The van der Waals surface area contributed by atoms with E-state index in [9.17, 15) is 19.5 Å². The SMILES string of the molecule is CCC(C)[C@H](NC(=O)N1CCCCC1C(N)=O)C(=O)O. The van der Waals surface area contributed by atoms with Gasteiger partial charge in [-0.05, 0) is 25.2 Å². The predicted molar refractivity (Wildman–Crippen MR) is 72.9 cm³/mol. The number of urea groups is 1. The van der Waals surface area contributed by atoms with Crippen LogP contribution < -0.4 is 11.1 Å². The minimum atomic E-state index is -1.07. The molecule has 1 saturated heterocycles. The molecular formula is C13H23N3O4. The van der Waals surface area contributed by atoms with Crippen LogP contribution in [0.2, 0.25) is 0 Å². The maximum absolute atomic E-state index is 12.2. The van der Waals surface area contributed by atoms with Crippen molar-refractivity contribution >= 4 is 17.9 Å². The molecular weight excluding hydrogens is 262 g/mol. The normalized spacial score (nSPS) is 21.9. The number of carbonyl (C=O) groups is 3. The Hall–Kier alpha value is -1.79. The van der Waals surface area contributed by atoms with Crippen molar-refractivity contribution in [2.24, 2.45) is 11.7 Å². The lowest BCUT2D eigenvalue weighted by Crippen LogP contribution is -2.57. The number of aliphatic carboxylic acids is 1. The molecule has 4 N–H and O–H groups in total. The summed E-state index contributed by atoms with van der Waals surface area (Å²) in [5.41, 5.74) is 5.30. The maximum atomic E-state index is 12.2. The lowest BCUT2D eigenvalue weighted by molar-refractivity contribution is -0.140. The molecule has 3 atom stereocenters. The molecule has 20 heavy (non-hydrogen) atoms. The summed E-state index contributed by atoms with van der Waals surface area (Å²) in [5.74, 6) is -1.80. The Balaban J connectivity index is 2.76. The van der Waals surface area contributed by atoms with E-state index in [1.54, 1.807) is 6.92 Å². The van der Waals surface area contributed by atoms with Crippen molar-refractivity contribution in [2.45, 2.75) is 51.6 Å². The highest BCUT2D eigenvalue weighted by molar-refractivity contribution is 5.88. The number of hydrogen-bond donors (Lipinski definition) is 3. The highest BCUT2D eigenvalue weighted by Gasteiger charge is 2.33. The van der Waals surface area contributed by atoms with Gasteiger partial charge in [0, 0.05) is 6.54 Å². The first-order valence-electron chi connectivity index (χ1n) is 6.97. The van der Waals surface area contributed by atoms with Gasteiger partial charge in [0.2, 0.25) is 5.91 Å². The molecule has 7 nitrogen and oxygen atoms in total. The molecule has 7 heteroatoms.